The van der Waals surface area contributed by atoms with Crippen molar-refractivity contribution >= 4 is 39.8 Å². The van der Waals surface area contributed by atoms with Crippen molar-refractivity contribution in [1.29, 1.82) is 0 Å². The molecule has 0 aliphatic carbocycles. The molecular formula is C45H64N2O12. The molecule has 326 valence electrons. The SMILES string of the molecule is CCCCCCCCNc1c2c(O)c3c(O)c(C)c4c(c3c1O)C(=O)[C@@](C)(O/C=C/[C@H](OC)[C@@H](C)[C@@H](OC(C)=O)[C@H](C)[C@@H](O)[C@H](C)[C@@H](O)[C@H](C)/C=C/C=C(/C)C(=O)N2)O4. The van der Waals surface area contributed by atoms with Gasteiger partial charge in [-0.25, -0.2) is 0 Å². The normalized spacial score (nSPS) is 29.9. The number of esters is 1. The third kappa shape index (κ3) is 9.99. The van der Waals surface area contributed by atoms with E-state index in [0.717, 1.165) is 32.1 Å². The van der Waals surface area contributed by atoms with Gasteiger partial charge in [0.1, 0.15) is 34.7 Å². The zero-order chi connectivity index (χ0) is 43.9. The van der Waals surface area contributed by atoms with Crippen molar-refractivity contribution in [1.82, 2.24) is 0 Å². The van der Waals surface area contributed by atoms with Crippen molar-refractivity contribution in [3.63, 3.8) is 0 Å². The van der Waals surface area contributed by atoms with E-state index in [2.05, 4.69) is 17.6 Å². The molecule has 0 spiro atoms. The van der Waals surface area contributed by atoms with E-state index in [4.69, 9.17) is 18.9 Å². The molecule has 9 atom stereocenters. The number of hydrogen-bond acceptors (Lipinski definition) is 13. The molecule has 3 aliphatic heterocycles. The number of methoxy groups -OCH3 is 1. The first-order valence-electron chi connectivity index (χ1n) is 20.6. The molecule has 2 aromatic carbocycles. The summed E-state index contributed by atoms with van der Waals surface area (Å²) in [5.41, 5.74) is -0.123. The van der Waals surface area contributed by atoms with Gasteiger partial charge in [-0.3, -0.25) is 14.4 Å². The summed E-state index contributed by atoms with van der Waals surface area (Å²) in [6, 6.07) is 0. The molecule has 7 N–H and O–H groups in total. The number of fused-ring (bicyclic) bond motifs is 14. The fraction of sp³-hybridized carbons (Fsp3) is 0.578. The van der Waals surface area contributed by atoms with Crippen molar-refractivity contribution in [3.05, 3.63) is 47.3 Å². The second-order valence-corrected chi connectivity index (χ2v) is 16.3. The molecule has 5 bridgehead atoms. The third-order valence-electron chi connectivity index (χ3n) is 11.8. The third-order valence-corrected chi connectivity index (χ3v) is 11.8. The van der Waals surface area contributed by atoms with E-state index < -0.39 is 88.8 Å². The van der Waals surface area contributed by atoms with Crippen LogP contribution in [0.3, 0.4) is 0 Å². The van der Waals surface area contributed by atoms with Gasteiger partial charge in [0, 0.05) is 67.7 Å². The van der Waals surface area contributed by atoms with Crippen LogP contribution in [0.4, 0.5) is 11.4 Å². The Morgan fingerprint density at radius 1 is 0.898 bits per heavy atom. The number of ketones is 1. The number of allylic oxidation sites excluding steroid dienone is 2. The Morgan fingerprint density at radius 2 is 1.56 bits per heavy atom. The number of unbranched alkanes of at least 4 members (excludes halogenated alkanes) is 5. The second kappa shape index (κ2) is 20.0. The second-order valence-electron chi connectivity index (χ2n) is 16.3. The molecular weight excluding hydrogens is 760 g/mol. The largest absolute Gasteiger partial charge is 0.507 e. The van der Waals surface area contributed by atoms with Gasteiger partial charge < -0.3 is 55.1 Å². The van der Waals surface area contributed by atoms with E-state index in [1.165, 1.54) is 46.3 Å². The van der Waals surface area contributed by atoms with E-state index in [-0.39, 0.29) is 44.6 Å². The number of aliphatic hydroxyl groups excluding tert-OH is 2. The predicted octanol–water partition coefficient (Wildman–Crippen LogP) is 7.53. The number of Topliss-reactive ketones (excluding diaryl/α,β-unsaturated/α-hetero) is 1. The number of carbonyl (C=O) groups is 3. The summed E-state index contributed by atoms with van der Waals surface area (Å²) in [6.07, 6.45) is 9.61. The van der Waals surface area contributed by atoms with Crippen LogP contribution in [0.1, 0.15) is 110 Å². The number of phenols is 3. The first kappa shape index (κ1) is 46.9. The van der Waals surface area contributed by atoms with Gasteiger partial charge in [0.05, 0.1) is 35.5 Å². The first-order chi connectivity index (χ1) is 27.8. The number of ether oxygens (including phenoxy) is 4. The molecule has 3 aliphatic rings. The molecule has 0 fully saturated rings. The molecule has 0 radical (unpaired) electrons. The Hall–Kier alpha value is -4.79. The van der Waals surface area contributed by atoms with Crippen LogP contribution in [0, 0.1) is 30.6 Å². The number of rotatable bonds is 10. The van der Waals surface area contributed by atoms with Gasteiger partial charge in [-0.15, -0.1) is 0 Å². The number of carbonyl (C=O) groups excluding carboxylic acids is 3. The smallest absolute Gasteiger partial charge is 0.312 e. The van der Waals surface area contributed by atoms with Crippen LogP contribution in [-0.4, -0.2) is 87.0 Å². The Bertz CT molecular complexity index is 1960. The van der Waals surface area contributed by atoms with Gasteiger partial charge in [-0.2, -0.15) is 0 Å². The number of aliphatic hydroxyl groups is 2. The molecule has 2 aromatic rings. The standard InChI is InChI=1S/C45H64N2O12/c1-11-12-13-14-15-16-21-46-34-35-40(53)32-31(39(34)52)33-42(28(7)38(32)51)59-45(9,43(33)54)57-22-20-30(56-10)25(4)41(58-29(8)48)27(6)37(50)26(5)36(49)23(2)18-17-19-24(3)44(55)47-35/h17-20,22-23,25-27,30,36-37,41,46,49-53H,11-16,21H2,1-10H3,(H,47,55)/b18-17+,22-20+,24-19-/t23-,25-,26-,27-,30+,36+,37+,41-,45+/m1/s1. The van der Waals surface area contributed by atoms with Crippen LogP contribution in [0.5, 0.6) is 23.0 Å². The lowest BCUT2D eigenvalue weighted by molar-refractivity contribution is -0.160. The fourth-order valence-electron chi connectivity index (χ4n) is 8.01. The number of amides is 1. The fourth-order valence-corrected chi connectivity index (χ4v) is 8.01. The van der Waals surface area contributed by atoms with Crippen LogP contribution in [-0.2, 0) is 23.8 Å². The highest BCUT2D eigenvalue weighted by molar-refractivity contribution is 6.23. The average Bonchev–Trinajstić information content (AvgIpc) is 3.46. The van der Waals surface area contributed by atoms with Gasteiger partial charge >= 0.3 is 11.8 Å². The molecule has 14 nitrogen and oxygen atoms in total. The summed E-state index contributed by atoms with van der Waals surface area (Å²) in [6.45, 7) is 15.1. The minimum Gasteiger partial charge on any atom is -0.507 e. The molecule has 0 saturated carbocycles. The number of nitrogens with one attached hydrogen (secondary N) is 2. The van der Waals surface area contributed by atoms with Crippen LogP contribution >= 0.6 is 0 Å². The van der Waals surface area contributed by atoms with Gasteiger partial charge in [0.2, 0.25) is 0 Å². The maximum Gasteiger partial charge on any atom is 0.312 e. The molecule has 3 heterocycles. The van der Waals surface area contributed by atoms with E-state index >= 15 is 0 Å². The Balaban J connectivity index is 1.91. The van der Waals surface area contributed by atoms with Crippen molar-refractivity contribution < 1.29 is 58.9 Å². The lowest BCUT2D eigenvalue weighted by Crippen LogP contribution is -2.46. The lowest BCUT2D eigenvalue weighted by Gasteiger charge is -2.38. The molecule has 1 amide bonds. The van der Waals surface area contributed by atoms with E-state index in [1.54, 1.807) is 46.8 Å². The summed E-state index contributed by atoms with van der Waals surface area (Å²) in [5.74, 6) is -8.04. The molecule has 5 rings (SSSR count). The Kier molecular flexibility index (Phi) is 15.9. The Labute approximate surface area is 347 Å². The Morgan fingerprint density at radius 3 is 2.20 bits per heavy atom. The minimum absolute atomic E-state index is 0.0554. The summed E-state index contributed by atoms with van der Waals surface area (Å²) >= 11 is 0. The number of anilines is 2. The van der Waals surface area contributed by atoms with Crippen molar-refractivity contribution in [3.8, 4) is 23.0 Å². The number of benzene rings is 2. The zero-order valence-electron chi connectivity index (χ0n) is 36.0. The molecule has 59 heavy (non-hydrogen) atoms. The molecule has 14 heteroatoms. The first-order valence-corrected chi connectivity index (χ1v) is 20.6. The van der Waals surface area contributed by atoms with Crippen molar-refractivity contribution in [2.75, 3.05) is 24.3 Å². The summed E-state index contributed by atoms with van der Waals surface area (Å²) in [7, 11) is 1.44. The average molecular weight is 825 g/mol. The molecule has 0 saturated heterocycles. The van der Waals surface area contributed by atoms with E-state index in [1.807, 2.05) is 0 Å². The van der Waals surface area contributed by atoms with Crippen molar-refractivity contribution in [2.45, 2.75) is 131 Å². The highest BCUT2D eigenvalue weighted by atomic mass is 16.7. The van der Waals surface area contributed by atoms with Gasteiger partial charge in [-0.1, -0.05) is 85.0 Å². The van der Waals surface area contributed by atoms with Crippen LogP contribution in [0.15, 0.2) is 36.1 Å². The summed E-state index contributed by atoms with van der Waals surface area (Å²) < 4.78 is 23.6. The van der Waals surface area contributed by atoms with Gasteiger partial charge in [0.25, 0.3) is 11.7 Å². The summed E-state index contributed by atoms with van der Waals surface area (Å²) in [5, 5.41) is 63.7. The van der Waals surface area contributed by atoms with Crippen LogP contribution in [0.25, 0.3) is 10.8 Å². The number of aromatic hydroxyl groups is 3. The van der Waals surface area contributed by atoms with Crippen molar-refractivity contribution in [2.24, 2.45) is 23.7 Å². The molecule has 0 unspecified atom stereocenters. The minimum atomic E-state index is -2.02. The highest BCUT2D eigenvalue weighted by Gasteiger charge is 2.50. The number of hydrogen-bond donors (Lipinski definition) is 7. The van der Waals surface area contributed by atoms with E-state index in [9.17, 15) is 39.9 Å². The van der Waals surface area contributed by atoms with Gasteiger partial charge in [0.15, 0.2) is 5.75 Å². The van der Waals surface area contributed by atoms with Crippen LogP contribution in [0.2, 0.25) is 0 Å². The van der Waals surface area contributed by atoms with Gasteiger partial charge in [-0.05, 0) is 26.3 Å². The lowest BCUT2D eigenvalue weighted by atomic mass is 9.78. The number of phenolic OH excluding ortho intramolecular Hbond substituents is 3. The van der Waals surface area contributed by atoms with Crippen LogP contribution < -0.4 is 15.4 Å². The predicted molar refractivity (Wildman–Crippen MR) is 226 cm³/mol. The molecule has 0 aromatic heterocycles. The quantitative estimate of drug-likeness (QED) is 0.0535. The summed E-state index contributed by atoms with van der Waals surface area (Å²) in [4.78, 5) is 40.4. The zero-order valence-corrected chi connectivity index (χ0v) is 36.0. The maximum atomic E-state index is 14.4. The maximum absolute atomic E-state index is 14.4. The highest BCUT2D eigenvalue weighted by Crippen LogP contribution is 2.57. The monoisotopic (exact) mass is 824 g/mol. The topological polar surface area (TPSA) is 213 Å². The van der Waals surface area contributed by atoms with E-state index in [0.29, 0.717) is 13.0 Å².